The Kier molecular flexibility index (Phi) is 6.71. The van der Waals surface area contributed by atoms with Gasteiger partial charge in [-0.15, -0.1) is 0 Å². The third kappa shape index (κ3) is 5.52. The molecule has 0 saturated carbocycles. The third-order valence-electron chi connectivity index (χ3n) is 2.27. The Hall–Kier alpha value is -1.22. The van der Waals surface area contributed by atoms with E-state index in [1.165, 1.54) is 12.3 Å². The van der Waals surface area contributed by atoms with Crippen molar-refractivity contribution >= 4 is 15.8 Å². The Morgan fingerprint density at radius 3 is 2.63 bits per heavy atom. The maximum atomic E-state index is 11.9. The van der Waals surface area contributed by atoms with Gasteiger partial charge in [-0.1, -0.05) is 0 Å². The zero-order chi connectivity index (χ0) is 14.1. The summed E-state index contributed by atoms with van der Waals surface area (Å²) < 4.78 is 36.1. The van der Waals surface area contributed by atoms with Crippen LogP contribution in [0.15, 0.2) is 23.2 Å². The number of nitrogens with one attached hydrogen (secondary N) is 2. The molecule has 0 saturated heterocycles. The molecule has 0 amide bonds. The highest BCUT2D eigenvalue weighted by molar-refractivity contribution is 7.89. The first-order chi connectivity index (χ1) is 9.10. The SMILES string of the molecule is CNc1ccc(S(=O)(=O)NCCOCCOC)cn1. The van der Waals surface area contributed by atoms with Gasteiger partial charge in [0.15, 0.2) is 0 Å². The van der Waals surface area contributed by atoms with E-state index in [2.05, 4.69) is 15.0 Å². The van der Waals surface area contributed by atoms with Crippen LogP contribution in [0.25, 0.3) is 0 Å². The van der Waals surface area contributed by atoms with E-state index in [1.807, 2.05) is 0 Å². The molecule has 19 heavy (non-hydrogen) atoms. The Balaban J connectivity index is 2.42. The van der Waals surface area contributed by atoms with Gasteiger partial charge in [0, 0.05) is 26.9 Å². The first-order valence-corrected chi connectivity index (χ1v) is 7.28. The maximum Gasteiger partial charge on any atom is 0.242 e. The van der Waals surface area contributed by atoms with Gasteiger partial charge in [0.1, 0.15) is 10.7 Å². The minimum absolute atomic E-state index is 0.128. The molecule has 108 valence electrons. The first kappa shape index (κ1) is 15.8. The Morgan fingerprint density at radius 1 is 1.26 bits per heavy atom. The molecule has 0 radical (unpaired) electrons. The number of nitrogens with zero attached hydrogens (tertiary/aromatic N) is 1. The molecule has 2 N–H and O–H groups in total. The van der Waals surface area contributed by atoms with Gasteiger partial charge in [-0.3, -0.25) is 0 Å². The normalized spacial score (nSPS) is 11.5. The maximum absolute atomic E-state index is 11.9. The number of hydrogen-bond acceptors (Lipinski definition) is 6. The standard InChI is InChI=1S/C11H19N3O4S/c1-12-11-4-3-10(9-13-11)19(15,16)14-5-6-18-8-7-17-2/h3-4,9,14H,5-8H2,1-2H3,(H,12,13). The number of sulfonamides is 1. The lowest BCUT2D eigenvalue weighted by Crippen LogP contribution is -2.28. The predicted molar refractivity (Wildman–Crippen MR) is 71.7 cm³/mol. The fourth-order valence-electron chi connectivity index (χ4n) is 1.26. The quantitative estimate of drug-likeness (QED) is 0.625. The molecule has 1 aromatic rings. The van der Waals surface area contributed by atoms with Crippen molar-refractivity contribution in [2.45, 2.75) is 4.90 Å². The molecular weight excluding hydrogens is 270 g/mol. The highest BCUT2D eigenvalue weighted by Crippen LogP contribution is 2.09. The molecule has 1 heterocycles. The number of methoxy groups -OCH3 is 1. The van der Waals surface area contributed by atoms with Crippen molar-refractivity contribution in [1.29, 1.82) is 0 Å². The molecule has 0 unspecified atom stereocenters. The second-order valence-corrected chi connectivity index (χ2v) is 5.40. The number of aromatic nitrogens is 1. The Bertz CT molecular complexity index is 461. The summed E-state index contributed by atoms with van der Waals surface area (Å²) in [7, 11) is -0.238. The van der Waals surface area contributed by atoms with Gasteiger partial charge in [-0.2, -0.15) is 0 Å². The summed E-state index contributed by atoms with van der Waals surface area (Å²) >= 11 is 0. The molecular formula is C11H19N3O4S. The molecule has 8 heteroatoms. The number of rotatable bonds is 9. The zero-order valence-corrected chi connectivity index (χ0v) is 11.9. The van der Waals surface area contributed by atoms with E-state index >= 15 is 0 Å². The second-order valence-electron chi connectivity index (χ2n) is 3.63. The van der Waals surface area contributed by atoms with Crippen molar-refractivity contribution < 1.29 is 17.9 Å². The summed E-state index contributed by atoms with van der Waals surface area (Å²) in [5, 5.41) is 2.82. The highest BCUT2D eigenvalue weighted by Gasteiger charge is 2.13. The fourth-order valence-corrected chi connectivity index (χ4v) is 2.22. The third-order valence-corrected chi connectivity index (χ3v) is 3.72. The van der Waals surface area contributed by atoms with Crippen LogP contribution in [-0.4, -0.2) is 53.9 Å². The van der Waals surface area contributed by atoms with Crippen LogP contribution in [0.2, 0.25) is 0 Å². The molecule has 0 aliphatic rings. The topological polar surface area (TPSA) is 89.6 Å². The van der Waals surface area contributed by atoms with Crippen LogP contribution < -0.4 is 10.0 Å². The number of pyridine rings is 1. The van der Waals surface area contributed by atoms with E-state index < -0.39 is 10.0 Å². The van der Waals surface area contributed by atoms with Crippen molar-refractivity contribution in [2.75, 3.05) is 45.8 Å². The molecule has 7 nitrogen and oxygen atoms in total. The lowest BCUT2D eigenvalue weighted by molar-refractivity contribution is 0.0736. The average molecular weight is 289 g/mol. The van der Waals surface area contributed by atoms with Crippen LogP contribution in [-0.2, 0) is 19.5 Å². The molecule has 0 spiro atoms. The van der Waals surface area contributed by atoms with Gasteiger partial charge in [-0.25, -0.2) is 18.1 Å². The van der Waals surface area contributed by atoms with Crippen molar-refractivity contribution in [3.8, 4) is 0 Å². The van der Waals surface area contributed by atoms with Crippen LogP contribution >= 0.6 is 0 Å². The van der Waals surface area contributed by atoms with Gasteiger partial charge in [0.05, 0.1) is 19.8 Å². The summed E-state index contributed by atoms with van der Waals surface area (Å²) in [6, 6.07) is 3.09. The molecule has 0 aliphatic heterocycles. The summed E-state index contributed by atoms with van der Waals surface area (Å²) in [6.07, 6.45) is 1.31. The van der Waals surface area contributed by atoms with Crippen LogP contribution in [0.5, 0.6) is 0 Å². The van der Waals surface area contributed by atoms with Crippen LogP contribution in [0.3, 0.4) is 0 Å². The molecule has 0 atom stereocenters. The Labute approximate surface area is 113 Å². The second kappa shape index (κ2) is 8.05. The van der Waals surface area contributed by atoms with Crippen molar-refractivity contribution in [3.05, 3.63) is 18.3 Å². The minimum atomic E-state index is -3.53. The minimum Gasteiger partial charge on any atom is -0.382 e. The molecule has 0 aromatic carbocycles. The van der Waals surface area contributed by atoms with E-state index in [0.717, 1.165) is 0 Å². The molecule has 1 aromatic heterocycles. The Morgan fingerprint density at radius 2 is 2.05 bits per heavy atom. The summed E-state index contributed by atoms with van der Waals surface area (Å²) in [4.78, 5) is 4.08. The predicted octanol–water partition coefficient (Wildman–Crippen LogP) is 0.0646. The fraction of sp³-hybridized carbons (Fsp3) is 0.545. The zero-order valence-electron chi connectivity index (χ0n) is 11.0. The molecule has 0 bridgehead atoms. The van der Waals surface area contributed by atoms with Crippen molar-refractivity contribution in [2.24, 2.45) is 0 Å². The van der Waals surface area contributed by atoms with Crippen molar-refractivity contribution in [3.63, 3.8) is 0 Å². The first-order valence-electron chi connectivity index (χ1n) is 5.80. The highest BCUT2D eigenvalue weighted by atomic mass is 32.2. The van der Waals surface area contributed by atoms with Crippen LogP contribution in [0, 0.1) is 0 Å². The van der Waals surface area contributed by atoms with Gasteiger partial charge >= 0.3 is 0 Å². The van der Waals surface area contributed by atoms with Gasteiger partial charge < -0.3 is 14.8 Å². The van der Waals surface area contributed by atoms with Crippen molar-refractivity contribution in [1.82, 2.24) is 9.71 Å². The van der Waals surface area contributed by atoms with E-state index in [1.54, 1.807) is 20.2 Å². The number of anilines is 1. The summed E-state index contributed by atoms with van der Waals surface area (Å²) in [5.74, 6) is 0.613. The lowest BCUT2D eigenvalue weighted by Gasteiger charge is -2.07. The van der Waals surface area contributed by atoms with E-state index in [-0.39, 0.29) is 11.4 Å². The van der Waals surface area contributed by atoms with Gasteiger partial charge in [0.25, 0.3) is 0 Å². The van der Waals surface area contributed by atoms with E-state index in [4.69, 9.17) is 9.47 Å². The van der Waals surface area contributed by atoms with E-state index in [0.29, 0.717) is 25.6 Å². The van der Waals surface area contributed by atoms with E-state index in [9.17, 15) is 8.42 Å². The van der Waals surface area contributed by atoms with Gasteiger partial charge in [0.2, 0.25) is 10.0 Å². The largest absolute Gasteiger partial charge is 0.382 e. The average Bonchev–Trinajstić information content (AvgIpc) is 2.43. The number of hydrogen-bond donors (Lipinski definition) is 2. The molecule has 0 aliphatic carbocycles. The lowest BCUT2D eigenvalue weighted by atomic mass is 10.5. The smallest absolute Gasteiger partial charge is 0.242 e. The molecule has 1 rings (SSSR count). The summed E-state index contributed by atoms with van der Waals surface area (Å²) in [6.45, 7) is 1.43. The van der Waals surface area contributed by atoms with Crippen LogP contribution in [0.4, 0.5) is 5.82 Å². The van der Waals surface area contributed by atoms with Gasteiger partial charge in [-0.05, 0) is 12.1 Å². The summed E-state index contributed by atoms with van der Waals surface area (Å²) in [5.41, 5.74) is 0. The monoisotopic (exact) mass is 289 g/mol. The van der Waals surface area contributed by atoms with Crippen LogP contribution in [0.1, 0.15) is 0 Å². The number of ether oxygens (including phenoxy) is 2. The molecule has 0 fully saturated rings.